The van der Waals surface area contributed by atoms with Crippen LogP contribution in [0.4, 0.5) is 5.95 Å². The zero-order valence-corrected chi connectivity index (χ0v) is 10.7. The monoisotopic (exact) mass is 257 g/mol. The summed E-state index contributed by atoms with van der Waals surface area (Å²) in [4.78, 5) is 8.03. The van der Waals surface area contributed by atoms with Crippen molar-refractivity contribution in [2.24, 2.45) is 0 Å². The second kappa shape index (κ2) is 5.86. The van der Waals surface area contributed by atoms with Crippen LogP contribution in [0.2, 0.25) is 0 Å². The molecule has 0 atom stereocenters. The van der Waals surface area contributed by atoms with Crippen molar-refractivity contribution in [3.8, 4) is 11.8 Å². The van der Waals surface area contributed by atoms with Gasteiger partial charge in [0.1, 0.15) is 6.61 Å². The van der Waals surface area contributed by atoms with E-state index in [1.54, 1.807) is 6.08 Å². The molecule has 2 rings (SSSR count). The van der Waals surface area contributed by atoms with Gasteiger partial charge in [-0.05, 0) is 5.56 Å². The Morgan fingerprint density at radius 2 is 1.89 bits per heavy atom. The number of rotatable bonds is 5. The van der Waals surface area contributed by atoms with E-state index in [2.05, 4.69) is 16.5 Å². The van der Waals surface area contributed by atoms with Crippen molar-refractivity contribution in [1.29, 1.82) is 0 Å². The van der Waals surface area contributed by atoms with E-state index >= 15 is 0 Å². The Morgan fingerprint density at radius 3 is 2.53 bits per heavy atom. The highest BCUT2D eigenvalue weighted by molar-refractivity contribution is 5.59. The lowest BCUT2D eigenvalue weighted by Crippen LogP contribution is -2.05. The largest absolute Gasteiger partial charge is 0.480 e. The third-order valence-electron chi connectivity index (χ3n) is 2.51. The number of hydrogen-bond donors (Lipinski definition) is 1. The number of nitrogens with two attached hydrogens (primary N) is 1. The second-order valence-electron chi connectivity index (χ2n) is 3.79. The second-order valence-corrected chi connectivity index (χ2v) is 3.79. The molecule has 0 saturated carbocycles. The standard InChI is InChI=1S/C14H15N3O2/c1-3-11-12(18-2)16-14(15)17-13(11)19-9-10-7-5-4-6-8-10/h3-8H,1,9H2,2H3,(H2,15,16,17). The van der Waals surface area contributed by atoms with E-state index < -0.39 is 0 Å². The summed E-state index contributed by atoms with van der Waals surface area (Å²) in [5.74, 6) is 0.819. The topological polar surface area (TPSA) is 70.3 Å². The first-order valence-corrected chi connectivity index (χ1v) is 5.75. The Balaban J connectivity index is 2.24. The normalized spacial score (nSPS) is 9.95. The van der Waals surface area contributed by atoms with Crippen LogP contribution < -0.4 is 15.2 Å². The Morgan fingerprint density at radius 1 is 1.21 bits per heavy atom. The molecule has 0 aliphatic rings. The number of methoxy groups -OCH3 is 1. The van der Waals surface area contributed by atoms with Gasteiger partial charge in [-0.1, -0.05) is 43.0 Å². The average molecular weight is 257 g/mol. The van der Waals surface area contributed by atoms with Crippen LogP contribution in [0.15, 0.2) is 36.9 Å². The van der Waals surface area contributed by atoms with Gasteiger partial charge < -0.3 is 15.2 Å². The van der Waals surface area contributed by atoms with Crippen molar-refractivity contribution < 1.29 is 9.47 Å². The third-order valence-corrected chi connectivity index (χ3v) is 2.51. The lowest BCUT2D eigenvalue weighted by molar-refractivity contribution is 0.289. The molecule has 0 bridgehead atoms. The molecule has 2 N–H and O–H groups in total. The summed E-state index contributed by atoms with van der Waals surface area (Å²) in [5.41, 5.74) is 7.24. The van der Waals surface area contributed by atoms with Gasteiger partial charge in [-0.25, -0.2) is 0 Å². The molecule has 1 aromatic carbocycles. The van der Waals surface area contributed by atoms with Gasteiger partial charge in [0.15, 0.2) is 0 Å². The molecule has 0 aliphatic heterocycles. The fourth-order valence-electron chi connectivity index (χ4n) is 1.61. The SMILES string of the molecule is C=Cc1c(OC)nc(N)nc1OCc1ccccc1. The van der Waals surface area contributed by atoms with Crippen LogP contribution in [0.3, 0.4) is 0 Å². The first kappa shape index (κ1) is 12.9. The maximum absolute atomic E-state index is 5.66. The average Bonchev–Trinajstić information content (AvgIpc) is 2.45. The van der Waals surface area contributed by atoms with Gasteiger partial charge in [0, 0.05) is 0 Å². The van der Waals surface area contributed by atoms with Crippen LogP contribution in [0.5, 0.6) is 11.8 Å². The minimum Gasteiger partial charge on any atom is -0.480 e. The van der Waals surface area contributed by atoms with Crippen molar-refractivity contribution in [2.45, 2.75) is 6.61 Å². The van der Waals surface area contributed by atoms with Crippen LogP contribution in [0, 0.1) is 0 Å². The van der Waals surface area contributed by atoms with Gasteiger partial charge in [-0.15, -0.1) is 0 Å². The minimum atomic E-state index is 0.102. The van der Waals surface area contributed by atoms with Gasteiger partial charge in [-0.3, -0.25) is 0 Å². The van der Waals surface area contributed by atoms with Gasteiger partial charge >= 0.3 is 0 Å². The third kappa shape index (κ3) is 3.01. The minimum absolute atomic E-state index is 0.102. The summed E-state index contributed by atoms with van der Waals surface area (Å²) in [6.07, 6.45) is 1.58. The quantitative estimate of drug-likeness (QED) is 0.889. The van der Waals surface area contributed by atoms with Crippen LogP contribution >= 0.6 is 0 Å². The number of aromatic nitrogens is 2. The molecule has 0 amide bonds. The fourth-order valence-corrected chi connectivity index (χ4v) is 1.61. The maximum Gasteiger partial charge on any atom is 0.229 e. The molecule has 0 spiro atoms. The molecule has 0 saturated heterocycles. The van der Waals surface area contributed by atoms with Crippen molar-refractivity contribution >= 4 is 12.0 Å². The summed E-state index contributed by atoms with van der Waals surface area (Å²) in [7, 11) is 1.51. The molecule has 2 aromatic rings. The van der Waals surface area contributed by atoms with Crippen LogP contribution in [0.25, 0.3) is 6.08 Å². The molecular weight excluding hydrogens is 242 g/mol. The van der Waals surface area contributed by atoms with Gasteiger partial charge in [-0.2, -0.15) is 9.97 Å². The van der Waals surface area contributed by atoms with Crippen molar-refractivity contribution in [3.63, 3.8) is 0 Å². The highest BCUT2D eigenvalue weighted by atomic mass is 16.5. The molecule has 1 aromatic heterocycles. The number of nitrogen functional groups attached to an aromatic ring is 1. The number of ether oxygens (including phenoxy) is 2. The van der Waals surface area contributed by atoms with Crippen molar-refractivity contribution in [1.82, 2.24) is 9.97 Å². The zero-order chi connectivity index (χ0) is 13.7. The number of nitrogens with zero attached hydrogens (tertiary/aromatic N) is 2. The molecular formula is C14H15N3O2. The van der Waals surface area contributed by atoms with E-state index in [0.29, 0.717) is 23.9 Å². The van der Waals surface area contributed by atoms with Crippen LogP contribution in [-0.4, -0.2) is 17.1 Å². The maximum atomic E-state index is 5.66. The molecule has 0 radical (unpaired) electrons. The molecule has 0 unspecified atom stereocenters. The Kier molecular flexibility index (Phi) is 3.97. The van der Waals surface area contributed by atoms with Gasteiger partial charge in [0.05, 0.1) is 12.7 Å². The summed E-state index contributed by atoms with van der Waals surface area (Å²) in [6.45, 7) is 4.09. The predicted octanol–water partition coefficient (Wildman–Crippen LogP) is 2.29. The van der Waals surface area contributed by atoms with Gasteiger partial charge in [0.2, 0.25) is 17.7 Å². The highest BCUT2D eigenvalue weighted by Gasteiger charge is 2.12. The Bertz CT molecular complexity index is 570. The number of benzene rings is 1. The van der Waals surface area contributed by atoms with Crippen LogP contribution in [0.1, 0.15) is 11.1 Å². The van der Waals surface area contributed by atoms with E-state index in [-0.39, 0.29) is 5.95 Å². The number of anilines is 1. The first-order chi connectivity index (χ1) is 9.24. The molecule has 5 heteroatoms. The number of hydrogen-bond acceptors (Lipinski definition) is 5. The molecule has 98 valence electrons. The van der Waals surface area contributed by atoms with E-state index in [1.807, 2.05) is 30.3 Å². The lowest BCUT2D eigenvalue weighted by Gasteiger charge is -2.11. The van der Waals surface area contributed by atoms with E-state index in [1.165, 1.54) is 7.11 Å². The summed E-state index contributed by atoms with van der Waals surface area (Å²) in [5, 5.41) is 0. The first-order valence-electron chi connectivity index (χ1n) is 5.75. The molecule has 5 nitrogen and oxygen atoms in total. The van der Waals surface area contributed by atoms with Crippen LogP contribution in [-0.2, 0) is 6.61 Å². The molecule has 0 aliphatic carbocycles. The molecule has 1 heterocycles. The predicted molar refractivity (Wildman–Crippen MR) is 73.9 cm³/mol. The summed E-state index contributed by atoms with van der Waals surface area (Å²) < 4.78 is 10.8. The lowest BCUT2D eigenvalue weighted by atomic mass is 10.2. The fraction of sp³-hybridized carbons (Fsp3) is 0.143. The van der Waals surface area contributed by atoms with Crippen molar-refractivity contribution in [2.75, 3.05) is 12.8 Å². The van der Waals surface area contributed by atoms with E-state index in [4.69, 9.17) is 15.2 Å². The Labute approximate surface area is 111 Å². The molecule has 0 fully saturated rings. The Hall–Kier alpha value is -2.56. The van der Waals surface area contributed by atoms with E-state index in [9.17, 15) is 0 Å². The van der Waals surface area contributed by atoms with E-state index in [0.717, 1.165) is 5.56 Å². The van der Waals surface area contributed by atoms with Crippen molar-refractivity contribution in [3.05, 3.63) is 48.0 Å². The summed E-state index contributed by atoms with van der Waals surface area (Å²) >= 11 is 0. The zero-order valence-electron chi connectivity index (χ0n) is 10.7. The summed E-state index contributed by atoms with van der Waals surface area (Å²) in [6, 6.07) is 9.78. The highest BCUT2D eigenvalue weighted by Crippen LogP contribution is 2.27. The molecule has 19 heavy (non-hydrogen) atoms. The van der Waals surface area contributed by atoms with Gasteiger partial charge in [0.25, 0.3) is 0 Å². The smallest absolute Gasteiger partial charge is 0.229 e.